The molecule has 0 radical (unpaired) electrons. The summed E-state index contributed by atoms with van der Waals surface area (Å²) >= 11 is 0. The van der Waals surface area contributed by atoms with Crippen molar-refractivity contribution in [1.82, 2.24) is 10.2 Å². The Morgan fingerprint density at radius 1 is 1.24 bits per heavy atom. The third kappa shape index (κ3) is 6.66. The lowest BCUT2D eigenvalue weighted by Gasteiger charge is -2.36. The fourth-order valence-corrected chi connectivity index (χ4v) is 3.79. The molecule has 1 rings (SSSR count). The lowest BCUT2D eigenvalue weighted by atomic mass is 9.84. The van der Waals surface area contributed by atoms with E-state index in [0.717, 1.165) is 31.3 Å². The minimum atomic E-state index is -0.130. The quantitative estimate of drug-likeness (QED) is 0.685. The maximum Gasteiger partial charge on any atom is 0.0610 e. The van der Waals surface area contributed by atoms with Crippen LogP contribution in [0.15, 0.2) is 0 Å². The predicted molar refractivity (Wildman–Crippen MR) is 91.7 cm³/mol. The van der Waals surface area contributed by atoms with Crippen LogP contribution in [0.4, 0.5) is 0 Å². The number of hydrogen-bond donors (Lipinski definition) is 2. The molecular weight excluding hydrogens is 260 g/mol. The molecule has 0 bridgehead atoms. The summed E-state index contributed by atoms with van der Waals surface area (Å²) in [5.41, 5.74) is -0.130. The summed E-state index contributed by atoms with van der Waals surface area (Å²) in [7, 11) is 2.28. The van der Waals surface area contributed by atoms with Gasteiger partial charge in [0.2, 0.25) is 0 Å². The van der Waals surface area contributed by atoms with Crippen molar-refractivity contribution in [3.63, 3.8) is 0 Å². The van der Waals surface area contributed by atoms with Crippen LogP contribution in [0.2, 0.25) is 0 Å². The number of aliphatic hydroxyl groups excluding tert-OH is 1. The third-order valence-corrected chi connectivity index (χ3v) is 5.24. The fourth-order valence-electron chi connectivity index (χ4n) is 3.79. The molecule has 0 aromatic rings. The zero-order valence-electron chi connectivity index (χ0n) is 15.0. The lowest BCUT2D eigenvalue weighted by molar-refractivity contribution is 0.133. The first-order valence-corrected chi connectivity index (χ1v) is 8.99. The van der Waals surface area contributed by atoms with E-state index in [1.165, 1.54) is 32.1 Å². The largest absolute Gasteiger partial charge is 0.394 e. The Morgan fingerprint density at radius 3 is 2.33 bits per heavy atom. The highest BCUT2D eigenvalue weighted by atomic mass is 16.3. The molecule has 0 saturated heterocycles. The van der Waals surface area contributed by atoms with Crippen molar-refractivity contribution < 1.29 is 5.11 Å². The molecule has 1 aliphatic rings. The number of nitrogens with zero attached hydrogens (tertiary/aromatic N) is 1. The Hall–Kier alpha value is -0.120. The first-order chi connectivity index (χ1) is 9.90. The van der Waals surface area contributed by atoms with Gasteiger partial charge in [0, 0.05) is 17.6 Å². The normalized spacial score (nSPS) is 26.3. The smallest absolute Gasteiger partial charge is 0.0610 e. The molecule has 0 amide bonds. The van der Waals surface area contributed by atoms with E-state index >= 15 is 0 Å². The van der Waals surface area contributed by atoms with Gasteiger partial charge in [0.1, 0.15) is 0 Å². The zero-order chi connectivity index (χ0) is 15.9. The number of hydrogen-bond acceptors (Lipinski definition) is 3. The Kier molecular flexibility index (Phi) is 8.22. The standard InChI is InChI=1S/C18H38N2O/c1-6-16-8-10-17(11-9-16)20(5)13-7-12-18(4,14-21)19-15(2)3/h15-17,19,21H,6-14H2,1-5H3. The molecule has 0 heterocycles. The first-order valence-electron chi connectivity index (χ1n) is 8.99. The van der Waals surface area contributed by atoms with Crippen LogP contribution >= 0.6 is 0 Å². The summed E-state index contributed by atoms with van der Waals surface area (Å²) in [4.78, 5) is 2.55. The summed E-state index contributed by atoms with van der Waals surface area (Å²) in [5, 5.41) is 13.1. The second-order valence-corrected chi connectivity index (χ2v) is 7.68. The predicted octanol–water partition coefficient (Wildman–Crippen LogP) is 3.42. The monoisotopic (exact) mass is 298 g/mol. The number of aliphatic hydroxyl groups is 1. The molecule has 1 fully saturated rings. The second kappa shape index (κ2) is 9.12. The molecule has 1 unspecified atom stereocenters. The van der Waals surface area contributed by atoms with Crippen LogP contribution in [-0.4, -0.2) is 47.8 Å². The summed E-state index contributed by atoms with van der Waals surface area (Å²) in [5.74, 6) is 0.975. The summed E-state index contributed by atoms with van der Waals surface area (Å²) in [6.07, 6.45) is 9.11. The van der Waals surface area contributed by atoms with E-state index in [0.29, 0.717) is 6.04 Å². The molecule has 2 N–H and O–H groups in total. The average Bonchev–Trinajstić information content (AvgIpc) is 2.46. The Morgan fingerprint density at radius 2 is 1.86 bits per heavy atom. The van der Waals surface area contributed by atoms with E-state index < -0.39 is 0 Å². The molecule has 3 nitrogen and oxygen atoms in total. The van der Waals surface area contributed by atoms with Crippen LogP contribution in [0, 0.1) is 5.92 Å². The van der Waals surface area contributed by atoms with Gasteiger partial charge < -0.3 is 15.3 Å². The highest BCUT2D eigenvalue weighted by molar-refractivity contribution is 4.85. The number of rotatable bonds is 9. The Bertz CT molecular complexity index is 274. The van der Waals surface area contributed by atoms with Crippen molar-refractivity contribution >= 4 is 0 Å². The van der Waals surface area contributed by atoms with E-state index in [1.54, 1.807) is 0 Å². The first kappa shape index (κ1) is 18.9. The van der Waals surface area contributed by atoms with Gasteiger partial charge in [-0.1, -0.05) is 27.2 Å². The van der Waals surface area contributed by atoms with Gasteiger partial charge in [0.25, 0.3) is 0 Å². The molecule has 0 aromatic carbocycles. The molecule has 3 heteroatoms. The summed E-state index contributed by atoms with van der Waals surface area (Å²) in [6.45, 7) is 10.1. The minimum absolute atomic E-state index is 0.130. The van der Waals surface area contributed by atoms with Gasteiger partial charge in [-0.25, -0.2) is 0 Å². The third-order valence-electron chi connectivity index (χ3n) is 5.24. The van der Waals surface area contributed by atoms with Crippen molar-refractivity contribution in [2.75, 3.05) is 20.2 Å². The van der Waals surface area contributed by atoms with Crippen molar-refractivity contribution in [2.45, 2.75) is 90.3 Å². The van der Waals surface area contributed by atoms with Crippen LogP contribution in [0.5, 0.6) is 0 Å². The van der Waals surface area contributed by atoms with Crippen LogP contribution in [-0.2, 0) is 0 Å². The highest BCUT2D eigenvalue weighted by Crippen LogP contribution is 2.29. The summed E-state index contributed by atoms with van der Waals surface area (Å²) in [6, 6.07) is 1.20. The topological polar surface area (TPSA) is 35.5 Å². The molecular formula is C18H38N2O. The maximum absolute atomic E-state index is 9.63. The zero-order valence-corrected chi connectivity index (χ0v) is 15.0. The molecule has 0 aliphatic heterocycles. The van der Waals surface area contributed by atoms with E-state index in [9.17, 15) is 5.11 Å². The average molecular weight is 299 g/mol. The molecule has 1 atom stereocenters. The van der Waals surface area contributed by atoms with E-state index in [-0.39, 0.29) is 12.1 Å². The Labute approximate surface area is 132 Å². The highest BCUT2D eigenvalue weighted by Gasteiger charge is 2.25. The van der Waals surface area contributed by atoms with Crippen molar-refractivity contribution in [3.8, 4) is 0 Å². The molecule has 0 spiro atoms. The molecule has 21 heavy (non-hydrogen) atoms. The van der Waals surface area contributed by atoms with Gasteiger partial charge in [-0.2, -0.15) is 0 Å². The van der Waals surface area contributed by atoms with E-state index in [4.69, 9.17) is 0 Å². The molecule has 1 saturated carbocycles. The van der Waals surface area contributed by atoms with E-state index in [2.05, 4.69) is 45.0 Å². The van der Waals surface area contributed by atoms with Crippen molar-refractivity contribution in [2.24, 2.45) is 5.92 Å². The van der Waals surface area contributed by atoms with Gasteiger partial charge >= 0.3 is 0 Å². The lowest BCUT2D eigenvalue weighted by Crippen LogP contribution is -2.49. The van der Waals surface area contributed by atoms with Crippen LogP contribution in [0.1, 0.15) is 72.6 Å². The van der Waals surface area contributed by atoms with Gasteiger partial charge in [0.15, 0.2) is 0 Å². The van der Waals surface area contributed by atoms with Crippen molar-refractivity contribution in [3.05, 3.63) is 0 Å². The summed E-state index contributed by atoms with van der Waals surface area (Å²) < 4.78 is 0. The van der Waals surface area contributed by atoms with Gasteiger partial charge in [-0.3, -0.25) is 0 Å². The SMILES string of the molecule is CCC1CCC(N(C)CCCC(C)(CO)NC(C)C)CC1. The van der Waals surface area contributed by atoms with E-state index in [1.807, 2.05) is 0 Å². The van der Waals surface area contributed by atoms with Crippen LogP contribution in [0.25, 0.3) is 0 Å². The fraction of sp³-hybridized carbons (Fsp3) is 1.00. The second-order valence-electron chi connectivity index (χ2n) is 7.68. The van der Waals surface area contributed by atoms with Gasteiger partial charge in [0.05, 0.1) is 6.61 Å². The van der Waals surface area contributed by atoms with Crippen LogP contribution in [0.3, 0.4) is 0 Å². The number of nitrogens with one attached hydrogen (secondary N) is 1. The molecule has 126 valence electrons. The van der Waals surface area contributed by atoms with Gasteiger partial charge in [-0.15, -0.1) is 0 Å². The molecule has 1 aliphatic carbocycles. The van der Waals surface area contributed by atoms with Gasteiger partial charge in [-0.05, 0) is 65.0 Å². The van der Waals surface area contributed by atoms with Crippen molar-refractivity contribution in [1.29, 1.82) is 0 Å². The molecule has 0 aromatic heterocycles. The van der Waals surface area contributed by atoms with Crippen LogP contribution < -0.4 is 5.32 Å². The minimum Gasteiger partial charge on any atom is -0.394 e. The Balaban J connectivity index is 2.28. The maximum atomic E-state index is 9.63.